The standard InChI is InChI=1S/C12H14N4/c1-7-4-8(12(13)16-9-2-3-9)5-10-11(7)15-6-14-10/h4-6,9H,2-3H2,1H3,(H2,13,16)(H,14,15). The van der Waals surface area contributed by atoms with Crippen LogP contribution in [0.1, 0.15) is 24.0 Å². The highest BCUT2D eigenvalue weighted by molar-refractivity contribution is 6.00. The lowest BCUT2D eigenvalue weighted by atomic mass is 10.1. The molecule has 4 heteroatoms. The Labute approximate surface area is 93.6 Å². The summed E-state index contributed by atoms with van der Waals surface area (Å²) < 4.78 is 0. The van der Waals surface area contributed by atoms with Gasteiger partial charge in [-0.25, -0.2) is 4.98 Å². The number of imidazole rings is 1. The van der Waals surface area contributed by atoms with Crippen LogP contribution in [-0.2, 0) is 0 Å². The number of hydrogen-bond acceptors (Lipinski definition) is 2. The number of aromatic amines is 1. The Hall–Kier alpha value is -1.84. The molecule has 1 fully saturated rings. The van der Waals surface area contributed by atoms with Crippen molar-refractivity contribution in [1.82, 2.24) is 9.97 Å². The molecule has 0 atom stereocenters. The maximum absolute atomic E-state index is 5.98. The number of aliphatic imine (C=N–C) groups is 1. The van der Waals surface area contributed by atoms with Gasteiger partial charge in [0.25, 0.3) is 0 Å². The third-order valence-electron chi connectivity index (χ3n) is 2.88. The number of H-pyrrole nitrogens is 1. The molecule has 82 valence electrons. The van der Waals surface area contributed by atoms with E-state index >= 15 is 0 Å². The lowest BCUT2D eigenvalue weighted by Gasteiger charge is -2.03. The Morgan fingerprint density at radius 1 is 1.50 bits per heavy atom. The number of amidine groups is 1. The van der Waals surface area contributed by atoms with Gasteiger partial charge >= 0.3 is 0 Å². The van der Waals surface area contributed by atoms with E-state index in [1.165, 1.54) is 12.8 Å². The minimum absolute atomic E-state index is 0.456. The van der Waals surface area contributed by atoms with E-state index in [-0.39, 0.29) is 0 Å². The SMILES string of the molecule is Cc1cc(C(N)=NC2CC2)cc2[nH]cnc12. The van der Waals surface area contributed by atoms with Gasteiger partial charge in [-0.15, -0.1) is 0 Å². The van der Waals surface area contributed by atoms with E-state index in [0.29, 0.717) is 11.9 Å². The molecule has 1 aromatic heterocycles. The fourth-order valence-corrected chi connectivity index (χ4v) is 1.85. The number of aromatic nitrogens is 2. The van der Waals surface area contributed by atoms with Crippen LogP contribution < -0.4 is 5.73 Å². The Balaban J connectivity index is 2.09. The van der Waals surface area contributed by atoms with Gasteiger partial charge in [0.1, 0.15) is 5.84 Å². The van der Waals surface area contributed by atoms with Crippen LogP contribution in [-0.4, -0.2) is 21.8 Å². The van der Waals surface area contributed by atoms with Gasteiger partial charge in [-0.3, -0.25) is 4.99 Å². The summed E-state index contributed by atoms with van der Waals surface area (Å²) in [6, 6.07) is 4.51. The molecule has 0 unspecified atom stereocenters. The van der Waals surface area contributed by atoms with E-state index < -0.39 is 0 Å². The van der Waals surface area contributed by atoms with Crippen molar-refractivity contribution >= 4 is 16.9 Å². The van der Waals surface area contributed by atoms with E-state index in [1.807, 2.05) is 19.1 Å². The first-order valence-corrected chi connectivity index (χ1v) is 5.51. The summed E-state index contributed by atoms with van der Waals surface area (Å²) in [5, 5.41) is 0. The molecule has 4 nitrogen and oxygen atoms in total. The zero-order valence-electron chi connectivity index (χ0n) is 9.20. The summed E-state index contributed by atoms with van der Waals surface area (Å²) in [6.07, 6.45) is 4.05. The molecule has 0 radical (unpaired) electrons. The van der Waals surface area contributed by atoms with Gasteiger partial charge in [0.15, 0.2) is 0 Å². The van der Waals surface area contributed by atoms with Crippen LogP contribution in [0.3, 0.4) is 0 Å². The summed E-state index contributed by atoms with van der Waals surface area (Å²) >= 11 is 0. The number of fused-ring (bicyclic) bond motifs is 1. The van der Waals surface area contributed by atoms with Crippen LogP contribution in [0.25, 0.3) is 11.0 Å². The second-order valence-electron chi connectivity index (χ2n) is 4.34. The van der Waals surface area contributed by atoms with Crippen LogP contribution in [0.15, 0.2) is 23.5 Å². The highest BCUT2D eigenvalue weighted by Gasteiger charge is 2.20. The van der Waals surface area contributed by atoms with Crippen molar-refractivity contribution in [2.24, 2.45) is 10.7 Å². The molecule has 3 N–H and O–H groups in total. The number of aryl methyl sites for hydroxylation is 1. The Bertz CT molecular complexity index is 563. The topological polar surface area (TPSA) is 67.1 Å². The quantitative estimate of drug-likeness (QED) is 0.590. The normalized spacial score (nSPS) is 16.9. The van der Waals surface area contributed by atoms with Crippen molar-refractivity contribution in [3.63, 3.8) is 0 Å². The average molecular weight is 214 g/mol. The van der Waals surface area contributed by atoms with Crippen molar-refractivity contribution in [1.29, 1.82) is 0 Å². The summed E-state index contributed by atoms with van der Waals surface area (Å²) in [6.45, 7) is 2.04. The third kappa shape index (κ3) is 1.56. The summed E-state index contributed by atoms with van der Waals surface area (Å²) in [7, 11) is 0. The number of hydrogen-bond donors (Lipinski definition) is 2. The molecule has 1 aliphatic carbocycles. The van der Waals surface area contributed by atoms with Crippen LogP contribution in [0, 0.1) is 6.92 Å². The molecular weight excluding hydrogens is 200 g/mol. The summed E-state index contributed by atoms with van der Waals surface area (Å²) in [5.74, 6) is 0.641. The van der Waals surface area contributed by atoms with Crippen molar-refractivity contribution in [3.05, 3.63) is 29.6 Å². The van der Waals surface area contributed by atoms with Crippen LogP contribution in [0.4, 0.5) is 0 Å². The van der Waals surface area contributed by atoms with Crippen LogP contribution >= 0.6 is 0 Å². The minimum atomic E-state index is 0.456. The average Bonchev–Trinajstić information content (AvgIpc) is 2.94. The predicted molar refractivity (Wildman–Crippen MR) is 64.6 cm³/mol. The van der Waals surface area contributed by atoms with E-state index in [1.54, 1.807) is 6.33 Å². The first kappa shape index (κ1) is 9.39. The fraction of sp³-hybridized carbons (Fsp3) is 0.333. The zero-order chi connectivity index (χ0) is 11.1. The lowest BCUT2D eigenvalue weighted by molar-refractivity contribution is 1.06. The molecular formula is C12H14N4. The van der Waals surface area contributed by atoms with E-state index in [9.17, 15) is 0 Å². The van der Waals surface area contributed by atoms with Crippen LogP contribution in [0.5, 0.6) is 0 Å². The maximum Gasteiger partial charge on any atom is 0.125 e. The van der Waals surface area contributed by atoms with E-state index in [0.717, 1.165) is 22.2 Å². The molecule has 2 aromatic rings. The van der Waals surface area contributed by atoms with Crippen molar-refractivity contribution in [2.75, 3.05) is 0 Å². The number of rotatable bonds is 2. The number of nitrogens with zero attached hydrogens (tertiary/aromatic N) is 2. The molecule has 0 saturated heterocycles. The summed E-state index contributed by atoms with van der Waals surface area (Å²) in [5.41, 5.74) is 10.1. The van der Waals surface area contributed by atoms with Crippen LogP contribution in [0.2, 0.25) is 0 Å². The second kappa shape index (κ2) is 3.33. The van der Waals surface area contributed by atoms with Gasteiger partial charge in [0, 0.05) is 5.56 Å². The second-order valence-corrected chi connectivity index (χ2v) is 4.34. The maximum atomic E-state index is 5.98. The molecule has 1 heterocycles. The Kier molecular flexibility index (Phi) is 1.96. The fourth-order valence-electron chi connectivity index (χ4n) is 1.85. The molecule has 3 rings (SSSR count). The van der Waals surface area contributed by atoms with E-state index in [2.05, 4.69) is 15.0 Å². The largest absolute Gasteiger partial charge is 0.383 e. The summed E-state index contributed by atoms with van der Waals surface area (Å²) in [4.78, 5) is 11.8. The van der Waals surface area contributed by atoms with Gasteiger partial charge in [-0.2, -0.15) is 0 Å². The van der Waals surface area contributed by atoms with Gasteiger partial charge in [-0.1, -0.05) is 0 Å². The number of nitrogens with two attached hydrogens (primary N) is 1. The van der Waals surface area contributed by atoms with Crippen molar-refractivity contribution in [2.45, 2.75) is 25.8 Å². The molecule has 16 heavy (non-hydrogen) atoms. The zero-order valence-corrected chi connectivity index (χ0v) is 9.20. The number of nitrogens with one attached hydrogen (secondary N) is 1. The lowest BCUT2D eigenvalue weighted by Crippen LogP contribution is -2.14. The molecule has 1 aromatic carbocycles. The molecule has 0 amide bonds. The molecule has 0 aliphatic heterocycles. The first-order chi connectivity index (χ1) is 7.74. The third-order valence-corrected chi connectivity index (χ3v) is 2.88. The van der Waals surface area contributed by atoms with Gasteiger partial charge < -0.3 is 10.7 Å². The Morgan fingerprint density at radius 2 is 2.31 bits per heavy atom. The predicted octanol–water partition coefficient (Wildman–Crippen LogP) is 1.74. The van der Waals surface area contributed by atoms with Gasteiger partial charge in [0.05, 0.1) is 23.4 Å². The van der Waals surface area contributed by atoms with E-state index in [4.69, 9.17) is 5.73 Å². The Morgan fingerprint density at radius 3 is 3.06 bits per heavy atom. The van der Waals surface area contributed by atoms with Gasteiger partial charge in [-0.05, 0) is 37.5 Å². The highest BCUT2D eigenvalue weighted by Crippen LogP contribution is 2.24. The number of benzene rings is 1. The van der Waals surface area contributed by atoms with Crippen molar-refractivity contribution < 1.29 is 0 Å². The van der Waals surface area contributed by atoms with Gasteiger partial charge in [0.2, 0.25) is 0 Å². The smallest absolute Gasteiger partial charge is 0.125 e. The van der Waals surface area contributed by atoms with Crippen molar-refractivity contribution in [3.8, 4) is 0 Å². The highest BCUT2D eigenvalue weighted by atomic mass is 14.9. The monoisotopic (exact) mass is 214 g/mol. The first-order valence-electron chi connectivity index (χ1n) is 5.51. The molecule has 0 spiro atoms. The molecule has 1 saturated carbocycles. The molecule has 1 aliphatic rings. The minimum Gasteiger partial charge on any atom is -0.383 e. The molecule has 0 bridgehead atoms.